The molecule has 0 aliphatic rings. The lowest BCUT2D eigenvalue weighted by Gasteiger charge is -2.04. The van der Waals surface area contributed by atoms with Crippen molar-refractivity contribution in [3.63, 3.8) is 0 Å². The zero-order valence-electron chi connectivity index (χ0n) is 11.0. The number of rotatable bonds is 6. The summed E-state index contributed by atoms with van der Waals surface area (Å²) < 4.78 is 7.06. The molecule has 0 aliphatic carbocycles. The number of hydrogen-bond donors (Lipinski definition) is 0. The molecule has 0 fully saturated rings. The topological polar surface area (TPSA) is 30.2 Å². The van der Waals surface area contributed by atoms with Crippen molar-refractivity contribution in [1.82, 2.24) is 0 Å². The van der Waals surface area contributed by atoms with Crippen molar-refractivity contribution in [2.45, 2.75) is 46.8 Å². The van der Waals surface area contributed by atoms with Gasteiger partial charge < -0.3 is 4.74 Å². The number of pyridine rings is 1. The largest absolute Gasteiger partial charge is 0.405 e. The third-order valence-corrected chi connectivity index (χ3v) is 2.39. The molecule has 0 aromatic carbocycles. The highest BCUT2D eigenvalue weighted by Gasteiger charge is 2.07. The number of carbonyl (C=O) groups is 1. The molecule has 1 heterocycles. The van der Waals surface area contributed by atoms with Crippen LogP contribution in [0.15, 0.2) is 24.5 Å². The standard InChI is InChI=1S/C14H22NO2/c1-4-6-14(16)17-11-15-8-5-7-13(10-15)9-12(2)3/h5,7-8,10,12H,4,6,9,11H2,1-3H3/q+1. The van der Waals surface area contributed by atoms with Gasteiger partial charge in [-0.1, -0.05) is 20.8 Å². The minimum absolute atomic E-state index is 0.130. The highest BCUT2D eigenvalue weighted by atomic mass is 16.5. The van der Waals surface area contributed by atoms with E-state index in [0.29, 0.717) is 19.1 Å². The molecule has 3 heteroatoms. The van der Waals surface area contributed by atoms with Gasteiger partial charge in [-0.25, -0.2) is 0 Å². The van der Waals surface area contributed by atoms with Gasteiger partial charge in [0.05, 0.1) is 0 Å². The third kappa shape index (κ3) is 5.48. The predicted octanol–water partition coefficient (Wildman–Crippen LogP) is 2.47. The van der Waals surface area contributed by atoms with Gasteiger partial charge in [-0.3, -0.25) is 4.79 Å². The summed E-state index contributed by atoms with van der Waals surface area (Å²) in [4.78, 5) is 11.2. The van der Waals surface area contributed by atoms with Crippen molar-refractivity contribution >= 4 is 5.97 Å². The Balaban J connectivity index is 2.51. The summed E-state index contributed by atoms with van der Waals surface area (Å²) in [7, 11) is 0. The zero-order chi connectivity index (χ0) is 12.7. The van der Waals surface area contributed by atoms with Crippen molar-refractivity contribution in [3.8, 4) is 0 Å². The number of nitrogens with zero attached hydrogens (tertiary/aromatic N) is 1. The Labute approximate surface area is 103 Å². The Morgan fingerprint density at radius 2 is 2.24 bits per heavy atom. The lowest BCUT2D eigenvalue weighted by Crippen LogP contribution is -2.35. The van der Waals surface area contributed by atoms with Crippen LogP contribution in [0.5, 0.6) is 0 Å². The first-order valence-electron chi connectivity index (χ1n) is 6.25. The van der Waals surface area contributed by atoms with Crippen LogP contribution in [0.1, 0.15) is 39.2 Å². The quantitative estimate of drug-likeness (QED) is 0.561. The second-order valence-corrected chi connectivity index (χ2v) is 4.72. The minimum Gasteiger partial charge on any atom is -0.405 e. The van der Waals surface area contributed by atoms with Crippen LogP contribution in [-0.4, -0.2) is 5.97 Å². The minimum atomic E-state index is -0.130. The lowest BCUT2D eigenvalue weighted by molar-refractivity contribution is -0.728. The van der Waals surface area contributed by atoms with Gasteiger partial charge in [-0.05, 0) is 24.8 Å². The number of hydrogen-bond acceptors (Lipinski definition) is 2. The molecule has 94 valence electrons. The van der Waals surface area contributed by atoms with Crippen molar-refractivity contribution in [3.05, 3.63) is 30.1 Å². The first kappa shape index (κ1) is 13.7. The van der Waals surface area contributed by atoms with E-state index in [-0.39, 0.29) is 5.97 Å². The van der Waals surface area contributed by atoms with Gasteiger partial charge in [0.25, 0.3) is 6.73 Å². The molecule has 0 amide bonds. The van der Waals surface area contributed by atoms with Crippen molar-refractivity contribution in [2.24, 2.45) is 5.92 Å². The molecule has 0 saturated carbocycles. The average molecular weight is 236 g/mol. The van der Waals surface area contributed by atoms with Crippen LogP contribution >= 0.6 is 0 Å². The Hall–Kier alpha value is -1.38. The zero-order valence-corrected chi connectivity index (χ0v) is 11.0. The maximum atomic E-state index is 11.2. The van der Waals surface area contributed by atoms with E-state index >= 15 is 0 Å². The van der Waals surface area contributed by atoms with E-state index in [1.165, 1.54) is 5.56 Å². The molecule has 0 atom stereocenters. The fourth-order valence-electron chi connectivity index (χ4n) is 1.67. The van der Waals surface area contributed by atoms with E-state index < -0.39 is 0 Å². The Morgan fingerprint density at radius 3 is 2.88 bits per heavy atom. The summed E-state index contributed by atoms with van der Waals surface area (Å²) in [5, 5.41) is 0. The molecule has 1 aromatic heterocycles. The summed E-state index contributed by atoms with van der Waals surface area (Å²) in [6, 6.07) is 4.09. The second kappa shape index (κ2) is 7.05. The summed E-state index contributed by atoms with van der Waals surface area (Å²) in [6.45, 7) is 6.67. The second-order valence-electron chi connectivity index (χ2n) is 4.72. The van der Waals surface area contributed by atoms with Crippen LogP contribution < -0.4 is 4.57 Å². The predicted molar refractivity (Wildman–Crippen MR) is 66.2 cm³/mol. The fourth-order valence-corrected chi connectivity index (χ4v) is 1.67. The first-order chi connectivity index (χ1) is 8.11. The highest BCUT2D eigenvalue weighted by Crippen LogP contribution is 2.04. The van der Waals surface area contributed by atoms with E-state index in [0.717, 1.165) is 12.8 Å². The first-order valence-corrected chi connectivity index (χ1v) is 6.25. The van der Waals surface area contributed by atoms with Gasteiger partial charge in [0, 0.05) is 18.1 Å². The Bertz CT molecular complexity index is 361. The molecule has 3 nitrogen and oxygen atoms in total. The Kier molecular flexibility index (Phi) is 5.67. The van der Waals surface area contributed by atoms with Crippen LogP contribution in [0.25, 0.3) is 0 Å². The van der Waals surface area contributed by atoms with Crippen molar-refractivity contribution in [1.29, 1.82) is 0 Å². The molecular formula is C14H22NO2+. The third-order valence-electron chi connectivity index (χ3n) is 2.39. The number of carbonyl (C=O) groups excluding carboxylic acids is 1. The lowest BCUT2D eigenvalue weighted by atomic mass is 10.1. The van der Waals surface area contributed by atoms with Gasteiger partial charge in [0.15, 0.2) is 12.4 Å². The molecule has 17 heavy (non-hydrogen) atoms. The number of aromatic nitrogens is 1. The number of ether oxygens (including phenoxy) is 1. The van der Waals surface area contributed by atoms with Crippen LogP contribution in [-0.2, 0) is 22.7 Å². The van der Waals surface area contributed by atoms with E-state index in [1.54, 1.807) is 0 Å². The van der Waals surface area contributed by atoms with E-state index in [1.807, 2.05) is 30.0 Å². The molecule has 0 radical (unpaired) electrons. The monoisotopic (exact) mass is 236 g/mol. The summed E-state index contributed by atoms with van der Waals surface area (Å²) in [5.74, 6) is 0.503. The van der Waals surface area contributed by atoms with Crippen LogP contribution in [0.2, 0.25) is 0 Å². The smallest absolute Gasteiger partial charge is 0.310 e. The van der Waals surface area contributed by atoms with Crippen molar-refractivity contribution in [2.75, 3.05) is 0 Å². The average Bonchev–Trinajstić information content (AvgIpc) is 2.26. The van der Waals surface area contributed by atoms with E-state index in [9.17, 15) is 4.79 Å². The fraction of sp³-hybridized carbons (Fsp3) is 0.571. The molecule has 0 saturated heterocycles. The van der Waals surface area contributed by atoms with Crippen LogP contribution in [0.3, 0.4) is 0 Å². The van der Waals surface area contributed by atoms with E-state index in [2.05, 4.69) is 19.9 Å². The highest BCUT2D eigenvalue weighted by molar-refractivity contribution is 5.68. The van der Waals surface area contributed by atoms with Gasteiger partial charge in [0.2, 0.25) is 0 Å². The summed E-state index contributed by atoms with van der Waals surface area (Å²) in [5.41, 5.74) is 1.27. The molecule has 1 rings (SSSR count). The molecule has 0 unspecified atom stereocenters. The molecule has 0 spiro atoms. The maximum Gasteiger partial charge on any atom is 0.310 e. The van der Waals surface area contributed by atoms with Gasteiger partial charge >= 0.3 is 5.97 Å². The maximum absolute atomic E-state index is 11.2. The van der Waals surface area contributed by atoms with Gasteiger partial charge in [-0.2, -0.15) is 4.57 Å². The molecular weight excluding hydrogens is 214 g/mol. The van der Waals surface area contributed by atoms with Gasteiger partial charge in [0.1, 0.15) is 0 Å². The normalized spacial score (nSPS) is 10.6. The molecule has 0 N–H and O–H groups in total. The summed E-state index contributed by atoms with van der Waals surface area (Å²) >= 11 is 0. The van der Waals surface area contributed by atoms with Crippen molar-refractivity contribution < 1.29 is 14.1 Å². The number of esters is 1. The van der Waals surface area contributed by atoms with Crippen LogP contribution in [0, 0.1) is 5.92 Å². The molecule has 0 aliphatic heterocycles. The molecule has 1 aromatic rings. The molecule has 0 bridgehead atoms. The summed E-state index contributed by atoms with van der Waals surface area (Å²) in [6.07, 6.45) is 6.33. The van der Waals surface area contributed by atoms with Crippen LogP contribution in [0.4, 0.5) is 0 Å². The Morgan fingerprint density at radius 1 is 1.47 bits per heavy atom. The van der Waals surface area contributed by atoms with Gasteiger partial charge in [-0.15, -0.1) is 0 Å². The SMILES string of the molecule is CCCC(=O)OC[n+]1cccc(CC(C)C)c1. The van der Waals surface area contributed by atoms with E-state index in [4.69, 9.17) is 4.74 Å².